The Morgan fingerprint density at radius 3 is 2.15 bits per heavy atom. The molecule has 0 N–H and O–H groups in total. The van der Waals surface area contributed by atoms with Crippen LogP contribution in [0, 0.1) is 5.92 Å². The number of carbonyl (C=O) groups is 1. The number of hydrogen-bond donors (Lipinski definition) is 0. The zero-order valence-electron chi connectivity index (χ0n) is 14.3. The van der Waals surface area contributed by atoms with Crippen molar-refractivity contribution in [2.45, 2.75) is 18.8 Å². The molecule has 3 atom stereocenters. The standard InChI is InChI=1S/C20H18N4O2/c1-2-26-20(25)17-15(13-7-4-3-5-8-13)16(17)14-11-23-19(24-12-14)18-21-9-6-10-22-18/h3-12,15-17H,2H2,1H3. The second-order valence-electron chi connectivity index (χ2n) is 6.15. The normalized spacial score (nSPS) is 21.2. The molecule has 0 amide bonds. The van der Waals surface area contributed by atoms with E-state index in [1.807, 2.05) is 37.3 Å². The molecule has 4 rings (SSSR count). The van der Waals surface area contributed by atoms with Crippen LogP contribution in [0.5, 0.6) is 0 Å². The quantitative estimate of drug-likeness (QED) is 0.661. The van der Waals surface area contributed by atoms with E-state index in [-0.39, 0.29) is 23.7 Å². The molecular formula is C20H18N4O2. The minimum atomic E-state index is -0.195. The average Bonchev–Trinajstić information content (AvgIpc) is 3.45. The Kier molecular flexibility index (Phi) is 4.39. The van der Waals surface area contributed by atoms with Crippen LogP contribution in [0.3, 0.4) is 0 Å². The van der Waals surface area contributed by atoms with Gasteiger partial charge in [-0.15, -0.1) is 0 Å². The summed E-state index contributed by atoms with van der Waals surface area (Å²) in [7, 11) is 0. The van der Waals surface area contributed by atoms with E-state index in [2.05, 4.69) is 19.9 Å². The van der Waals surface area contributed by atoms with Crippen molar-refractivity contribution >= 4 is 5.97 Å². The summed E-state index contributed by atoms with van der Waals surface area (Å²) < 4.78 is 5.26. The fourth-order valence-electron chi connectivity index (χ4n) is 3.39. The summed E-state index contributed by atoms with van der Waals surface area (Å²) in [5.41, 5.74) is 2.06. The van der Waals surface area contributed by atoms with E-state index >= 15 is 0 Å². The molecule has 6 heteroatoms. The first-order valence-electron chi connectivity index (χ1n) is 8.60. The summed E-state index contributed by atoms with van der Waals surface area (Å²) in [6, 6.07) is 11.8. The van der Waals surface area contributed by atoms with E-state index in [1.54, 1.807) is 30.9 Å². The highest BCUT2D eigenvalue weighted by Crippen LogP contribution is 2.60. The molecule has 1 saturated carbocycles. The number of benzene rings is 1. The molecule has 0 aliphatic heterocycles. The molecule has 26 heavy (non-hydrogen) atoms. The van der Waals surface area contributed by atoms with E-state index < -0.39 is 0 Å². The summed E-state index contributed by atoms with van der Waals surface area (Å²) in [6.07, 6.45) is 6.84. The number of nitrogens with zero attached hydrogens (tertiary/aromatic N) is 4. The van der Waals surface area contributed by atoms with Crippen LogP contribution in [0.15, 0.2) is 61.2 Å². The van der Waals surface area contributed by atoms with Crippen LogP contribution in [0.1, 0.15) is 29.9 Å². The van der Waals surface area contributed by atoms with Crippen molar-refractivity contribution in [2.75, 3.05) is 6.61 Å². The lowest BCUT2D eigenvalue weighted by atomic mass is 10.1. The maximum absolute atomic E-state index is 12.4. The van der Waals surface area contributed by atoms with Gasteiger partial charge >= 0.3 is 5.97 Å². The third kappa shape index (κ3) is 3.06. The lowest BCUT2D eigenvalue weighted by molar-refractivity contribution is -0.144. The van der Waals surface area contributed by atoms with E-state index in [0.717, 1.165) is 11.1 Å². The number of hydrogen-bond acceptors (Lipinski definition) is 6. The van der Waals surface area contributed by atoms with E-state index in [9.17, 15) is 4.79 Å². The number of ether oxygens (including phenoxy) is 1. The first-order valence-corrected chi connectivity index (χ1v) is 8.60. The Labute approximate surface area is 151 Å². The molecule has 0 saturated heterocycles. The Hall–Kier alpha value is -3.15. The van der Waals surface area contributed by atoms with Gasteiger partial charge in [-0.1, -0.05) is 30.3 Å². The van der Waals surface area contributed by atoms with Crippen molar-refractivity contribution in [1.82, 2.24) is 19.9 Å². The Bertz CT molecular complexity index is 885. The van der Waals surface area contributed by atoms with Crippen molar-refractivity contribution < 1.29 is 9.53 Å². The molecule has 130 valence electrons. The zero-order chi connectivity index (χ0) is 17.9. The van der Waals surface area contributed by atoms with Crippen LogP contribution in [0.25, 0.3) is 11.6 Å². The zero-order valence-corrected chi connectivity index (χ0v) is 14.3. The second kappa shape index (κ2) is 7.00. The van der Waals surface area contributed by atoms with Gasteiger partial charge in [0.1, 0.15) is 0 Å². The van der Waals surface area contributed by atoms with Gasteiger partial charge in [0.15, 0.2) is 11.6 Å². The van der Waals surface area contributed by atoms with Gasteiger partial charge in [0.2, 0.25) is 0 Å². The smallest absolute Gasteiger partial charge is 0.310 e. The van der Waals surface area contributed by atoms with Gasteiger partial charge < -0.3 is 4.74 Å². The summed E-state index contributed by atoms with van der Waals surface area (Å²) in [5, 5.41) is 0. The van der Waals surface area contributed by atoms with E-state index in [4.69, 9.17) is 4.74 Å². The summed E-state index contributed by atoms with van der Waals surface area (Å²) in [4.78, 5) is 29.5. The van der Waals surface area contributed by atoms with Gasteiger partial charge in [0.25, 0.3) is 0 Å². The van der Waals surface area contributed by atoms with Crippen molar-refractivity contribution in [2.24, 2.45) is 5.92 Å². The predicted octanol–water partition coefficient (Wildman–Crippen LogP) is 2.99. The number of esters is 1. The summed E-state index contributed by atoms with van der Waals surface area (Å²) in [5.74, 6) is 0.719. The third-order valence-electron chi connectivity index (χ3n) is 4.59. The molecule has 1 fully saturated rings. The van der Waals surface area contributed by atoms with Crippen molar-refractivity contribution in [1.29, 1.82) is 0 Å². The number of rotatable bonds is 5. The highest BCUT2D eigenvalue weighted by Gasteiger charge is 2.57. The van der Waals surface area contributed by atoms with Crippen LogP contribution < -0.4 is 0 Å². The topological polar surface area (TPSA) is 77.9 Å². The summed E-state index contributed by atoms with van der Waals surface area (Å²) >= 11 is 0. The molecule has 1 aromatic carbocycles. The third-order valence-corrected chi connectivity index (χ3v) is 4.59. The average molecular weight is 346 g/mol. The first-order chi connectivity index (χ1) is 12.8. The van der Waals surface area contributed by atoms with Gasteiger partial charge in [-0.3, -0.25) is 4.79 Å². The SMILES string of the molecule is CCOC(=O)C1C(c2ccccc2)C1c1cnc(-c2ncccn2)nc1. The molecule has 0 bridgehead atoms. The van der Waals surface area contributed by atoms with Crippen LogP contribution in [0.4, 0.5) is 0 Å². The fourth-order valence-corrected chi connectivity index (χ4v) is 3.39. The molecule has 0 spiro atoms. The lowest BCUT2D eigenvalue weighted by Gasteiger charge is -2.02. The molecule has 2 aromatic heterocycles. The predicted molar refractivity (Wildman–Crippen MR) is 95.1 cm³/mol. The second-order valence-corrected chi connectivity index (χ2v) is 6.15. The Balaban J connectivity index is 1.61. The van der Waals surface area contributed by atoms with Gasteiger partial charge in [0.05, 0.1) is 12.5 Å². The number of carbonyl (C=O) groups excluding carboxylic acids is 1. The maximum Gasteiger partial charge on any atom is 0.310 e. The molecule has 1 aliphatic carbocycles. The summed E-state index contributed by atoms with van der Waals surface area (Å²) in [6.45, 7) is 2.20. The van der Waals surface area contributed by atoms with Crippen LogP contribution in [0.2, 0.25) is 0 Å². The Morgan fingerprint density at radius 2 is 1.50 bits per heavy atom. The van der Waals surface area contributed by atoms with Crippen molar-refractivity contribution in [3.05, 3.63) is 72.3 Å². The molecular weight excluding hydrogens is 328 g/mol. The highest BCUT2D eigenvalue weighted by atomic mass is 16.5. The highest BCUT2D eigenvalue weighted by molar-refractivity contribution is 5.80. The van der Waals surface area contributed by atoms with Gasteiger partial charge in [-0.25, -0.2) is 19.9 Å². The Morgan fingerprint density at radius 1 is 0.885 bits per heavy atom. The van der Waals surface area contributed by atoms with Gasteiger partial charge in [-0.2, -0.15) is 0 Å². The van der Waals surface area contributed by atoms with Gasteiger partial charge in [0, 0.05) is 36.6 Å². The molecule has 2 heterocycles. The largest absolute Gasteiger partial charge is 0.466 e. The molecule has 6 nitrogen and oxygen atoms in total. The van der Waals surface area contributed by atoms with E-state index in [0.29, 0.717) is 18.3 Å². The lowest BCUT2D eigenvalue weighted by Crippen LogP contribution is -2.08. The molecule has 0 radical (unpaired) electrons. The van der Waals surface area contributed by atoms with Crippen LogP contribution in [-0.2, 0) is 9.53 Å². The molecule has 3 aromatic rings. The van der Waals surface area contributed by atoms with Crippen LogP contribution in [-0.4, -0.2) is 32.5 Å². The molecule has 3 unspecified atom stereocenters. The fraction of sp³-hybridized carbons (Fsp3) is 0.250. The van der Waals surface area contributed by atoms with Crippen molar-refractivity contribution in [3.8, 4) is 11.6 Å². The van der Waals surface area contributed by atoms with E-state index in [1.165, 1.54) is 0 Å². The first kappa shape index (κ1) is 16.3. The minimum absolute atomic E-state index is 0.0298. The van der Waals surface area contributed by atoms with Gasteiger partial charge in [-0.05, 0) is 24.1 Å². The monoisotopic (exact) mass is 346 g/mol. The van der Waals surface area contributed by atoms with Crippen molar-refractivity contribution in [3.63, 3.8) is 0 Å². The minimum Gasteiger partial charge on any atom is -0.466 e. The number of aromatic nitrogens is 4. The maximum atomic E-state index is 12.4. The molecule has 1 aliphatic rings. The van der Waals surface area contributed by atoms with Crippen LogP contribution >= 0.6 is 0 Å².